The molecular weight excluding hydrogens is 444 g/mol. The van der Waals surface area contributed by atoms with E-state index in [1.54, 1.807) is 21.6 Å². The molecule has 0 aliphatic carbocycles. The molecule has 0 unspecified atom stereocenters. The third kappa shape index (κ3) is 6.88. The minimum Gasteiger partial charge on any atom is -0.507 e. The van der Waals surface area contributed by atoms with Crippen molar-refractivity contribution < 1.29 is 10.2 Å². The molecule has 0 spiro atoms. The third-order valence-electron chi connectivity index (χ3n) is 5.87. The Morgan fingerprint density at radius 3 is 1.15 bits per heavy atom. The molecule has 0 atom stereocenters. The van der Waals surface area contributed by atoms with Gasteiger partial charge in [-0.15, -0.1) is 0 Å². The number of aromatic hydroxyl groups is 2. The van der Waals surface area contributed by atoms with E-state index in [4.69, 9.17) is 0 Å². The zero-order chi connectivity index (χ0) is 25.6. The molecule has 0 aliphatic heterocycles. The Morgan fingerprint density at radius 2 is 0.848 bits per heavy atom. The topological polar surface area (TPSA) is 40.5 Å². The molecule has 2 N–H and O–H groups in total. The van der Waals surface area contributed by atoms with Crippen LogP contribution in [0.1, 0.15) is 111 Å². The molecule has 0 saturated carbocycles. The Bertz CT molecular complexity index is 843. The van der Waals surface area contributed by atoms with Crippen molar-refractivity contribution in [2.75, 3.05) is 0 Å². The Kier molecular flexibility index (Phi) is 7.98. The van der Waals surface area contributed by atoms with Gasteiger partial charge in [-0.2, -0.15) is 0 Å². The van der Waals surface area contributed by atoms with Crippen molar-refractivity contribution in [1.29, 1.82) is 0 Å². The first-order valence-electron chi connectivity index (χ1n) is 11.8. The van der Waals surface area contributed by atoms with Crippen LogP contribution in [0.3, 0.4) is 0 Å². The molecule has 33 heavy (non-hydrogen) atoms. The zero-order valence-electron chi connectivity index (χ0n) is 22.7. The monoisotopic (exact) mass is 488 g/mol. The molecule has 4 heteroatoms. The predicted octanol–water partition coefficient (Wildman–Crippen LogP) is 9.23. The molecular formula is C29H44O2S2. The molecule has 184 valence electrons. The van der Waals surface area contributed by atoms with Gasteiger partial charge in [0.1, 0.15) is 11.5 Å². The lowest BCUT2D eigenvalue weighted by Crippen LogP contribution is -2.17. The minimum atomic E-state index is -0.133. The average Bonchev–Trinajstić information content (AvgIpc) is 2.60. The summed E-state index contributed by atoms with van der Waals surface area (Å²) in [5.41, 5.74) is 4.70. The highest BCUT2D eigenvalue weighted by molar-refractivity contribution is 8.76. The average molecular weight is 489 g/mol. The van der Waals surface area contributed by atoms with Gasteiger partial charge < -0.3 is 10.2 Å². The number of rotatable bonds is 4. The summed E-state index contributed by atoms with van der Waals surface area (Å²) < 4.78 is 0. The van der Waals surface area contributed by atoms with Gasteiger partial charge in [-0.1, -0.05) is 117 Å². The molecule has 2 aromatic rings. The van der Waals surface area contributed by atoms with E-state index >= 15 is 0 Å². The Balaban J connectivity index is 2.39. The van der Waals surface area contributed by atoms with Crippen LogP contribution in [-0.4, -0.2) is 10.2 Å². The maximum Gasteiger partial charge on any atom is 0.123 e. The van der Waals surface area contributed by atoms with E-state index in [9.17, 15) is 10.2 Å². The lowest BCUT2D eigenvalue weighted by atomic mass is 9.78. The summed E-state index contributed by atoms with van der Waals surface area (Å²) in [6.07, 6.45) is 0. The smallest absolute Gasteiger partial charge is 0.123 e. The Hall–Kier alpha value is -1.26. The van der Waals surface area contributed by atoms with E-state index in [0.717, 1.165) is 28.0 Å². The molecule has 0 aliphatic rings. The number of benzene rings is 2. The van der Waals surface area contributed by atoms with Crippen molar-refractivity contribution in [2.24, 2.45) is 0 Å². The van der Waals surface area contributed by atoms with Crippen LogP contribution in [0.25, 0.3) is 0 Å². The molecule has 0 aromatic heterocycles. The van der Waals surface area contributed by atoms with Gasteiger partial charge in [0.05, 0.1) is 0 Å². The van der Waals surface area contributed by atoms with Crippen LogP contribution in [-0.2, 0) is 27.4 Å². The van der Waals surface area contributed by atoms with Crippen molar-refractivity contribution in [2.45, 2.75) is 115 Å². The van der Waals surface area contributed by atoms with Crippen LogP contribution in [0, 0.1) is 0 Å². The van der Waals surface area contributed by atoms with E-state index in [-0.39, 0.29) is 21.7 Å². The van der Waals surface area contributed by atoms with Crippen LogP contribution in [0.2, 0.25) is 0 Å². The molecule has 2 aromatic carbocycles. The van der Waals surface area contributed by atoms with Gasteiger partial charge in [0.25, 0.3) is 0 Å². The first kappa shape index (κ1) is 28.0. The molecule has 0 amide bonds. The van der Waals surface area contributed by atoms with Gasteiger partial charge in [0, 0.05) is 21.8 Å². The normalized spacial score (nSPS) is 13.5. The van der Waals surface area contributed by atoms with Gasteiger partial charge in [-0.05, 0) is 50.5 Å². The highest BCUT2D eigenvalue weighted by atomic mass is 33.1. The molecule has 0 heterocycles. The second kappa shape index (κ2) is 9.41. The molecule has 0 fully saturated rings. The second-order valence-corrected chi connectivity index (χ2v) is 15.6. The van der Waals surface area contributed by atoms with E-state index in [0.29, 0.717) is 11.5 Å². The minimum absolute atomic E-state index is 0.127. The van der Waals surface area contributed by atoms with Crippen molar-refractivity contribution in [1.82, 2.24) is 0 Å². The summed E-state index contributed by atoms with van der Waals surface area (Å²) in [6.45, 7) is 25.8. The van der Waals surface area contributed by atoms with Crippen molar-refractivity contribution >= 4 is 21.6 Å². The summed E-state index contributed by atoms with van der Waals surface area (Å²) in [7, 11) is 3.56. The number of phenols is 2. The zero-order valence-corrected chi connectivity index (χ0v) is 24.4. The maximum absolute atomic E-state index is 11.0. The lowest BCUT2D eigenvalue weighted by molar-refractivity contribution is 0.421. The number of phenolic OH excluding ortho intramolecular Hbond substituents is 2. The van der Waals surface area contributed by atoms with Gasteiger partial charge in [0.15, 0.2) is 0 Å². The SMILES string of the molecule is CC(C)(C)c1cc(CSSc2cc(C(C)(C)C)c(O)c(C(C)(C)C)c2)cc(C(C)(C)C)c1O. The van der Waals surface area contributed by atoms with Crippen molar-refractivity contribution in [3.8, 4) is 11.5 Å². The number of hydrogen-bond acceptors (Lipinski definition) is 4. The Morgan fingerprint density at radius 1 is 0.545 bits per heavy atom. The first-order valence-corrected chi connectivity index (χ1v) is 14.1. The van der Waals surface area contributed by atoms with Crippen molar-refractivity contribution in [3.05, 3.63) is 52.1 Å². The second-order valence-electron chi connectivity index (χ2n) is 13.3. The van der Waals surface area contributed by atoms with Crippen LogP contribution < -0.4 is 0 Å². The van der Waals surface area contributed by atoms with Crippen LogP contribution >= 0.6 is 21.6 Å². The van der Waals surface area contributed by atoms with Gasteiger partial charge in [-0.25, -0.2) is 0 Å². The van der Waals surface area contributed by atoms with Gasteiger partial charge >= 0.3 is 0 Å². The van der Waals surface area contributed by atoms with Crippen LogP contribution in [0.4, 0.5) is 0 Å². The molecule has 2 nitrogen and oxygen atoms in total. The summed E-state index contributed by atoms with van der Waals surface area (Å²) in [5, 5.41) is 22.0. The van der Waals surface area contributed by atoms with Crippen LogP contribution in [0.15, 0.2) is 29.2 Å². The van der Waals surface area contributed by atoms with E-state index < -0.39 is 0 Å². The highest BCUT2D eigenvalue weighted by Crippen LogP contribution is 2.45. The highest BCUT2D eigenvalue weighted by Gasteiger charge is 2.28. The Labute approximate surface area is 210 Å². The van der Waals surface area contributed by atoms with E-state index in [1.807, 2.05) is 0 Å². The summed E-state index contributed by atoms with van der Waals surface area (Å²) >= 11 is 0. The summed E-state index contributed by atoms with van der Waals surface area (Å²) in [6, 6.07) is 8.60. The van der Waals surface area contributed by atoms with E-state index in [1.165, 1.54) is 10.5 Å². The van der Waals surface area contributed by atoms with Gasteiger partial charge in [-0.3, -0.25) is 0 Å². The predicted molar refractivity (Wildman–Crippen MR) is 148 cm³/mol. The summed E-state index contributed by atoms with van der Waals surface area (Å²) in [4.78, 5) is 1.17. The standard InChI is InChI=1S/C29H44O2S2/c1-26(2,3)20-13-18(14-21(24(20)30)27(4,5)6)17-32-33-19-15-22(28(7,8)9)25(31)23(16-19)29(10,11)12/h13-16,30-31H,17H2,1-12H3. The maximum atomic E-state index is 11.0. The molecule has 0 radical (unpaired) electrons. The quantitative estimate of drug-likeness (QED) is 0.421. The fourth-order valence-electron chi connectivity index (χ4n) is 3.89. The lowest BCUT2D eigenvalue weighted by Gasteiger charge is -2.28. The van der Waals surface area contributed by atoms with Crippen LogP contribution in [0.5, 0.6) is 11.5 Å². The molecule has 0 bridgehead atoms. The van der Waals surface area contributed by atoms with E-state index in [2.05, 4.69) is 107 Å². The fraction of sp³-hybridized carbons (Fsp3) is 0.586. The first-order chi connectivity index (χ1) is 14.7. The molecule has 2 rings (SSSR count). The fourth-order valence-corrected chi connectivity index (χ4v) is 6.00. The third-order valence-corrected chi connectivity index (χ3v) is 8.15. The largest absolute Gasteiger partial charge is 0.507 e. The van der Waals surface area contributed by atoms with Gasteiger partial charge in [0.2, 0.25) is 0 Å². The molecule has 0 saturated heterocycles. The summed E-state index contributed by atoms with van der Waals surface area (Å²) in [5.74, 6) is 1.69. The number of hydrogen-bond donors (Lipinski definition) is 2. The van der Waals surface area contributed by atoms with Crippen molar-refractivity contribution in [3.63, 3.8) is 0 Å².